The fraction of sp³-hybridized carbons (Fsp3) is 0.556. The summed E-state index contributed by atoms with van der Waals surface area (Å²) in [5.41, 5.74) is 9.36. The van der Waals surface area contributed by atoms with Gasteiger partial charge < -0.3 is 0 Å². The Labute approximate surface area is 130 Å². The maximum atomic E-state index is 2.57. The van der Waals surface area contributed by atoms with Crippen molar-refractivity contribution in [2.45, 2.75) is 61.7 Å². The van der Waals surface area contributed by atoms with E-state index in [1.807, 2.05) is 0 Å². The van der Waals surface area contributed by atoms with Crippen molar-refractivity contribution in [1.82, 2.24) is 0 Å². The van der Waals surface area contributed by atoms with Gasteiger partial charge in [0.25, 0.3) is 0 Å². The molecule has 2 aliphatic rings. The first-order valence-electron chi connectivity index (χ1n) is 7.15. The molecule has 2 unspecified atom stereocenters. The van der Waals surface area contributed by atoms with Crippen molar-refractivity contribution in [2.75, 3.05) is 0 Å². The van der Waals surface area contributed by atoms with Crippen LogP contribution in [0.5, 0.6) is 0 Å². The molecule has 2 rings (SSSR count). The zero-order valence-electron chi connectivity index (χ0n) is 13.7. The molecule has 0 bridgehead atoms. The molecule has 0 amide bonds. The standard InChI is InChI=1S/2C9H13.Hf/c2*1-6-5-7(2)9(4)8(6)3;/h2*5H,1-4H3;. The summed E-state index contributed by atoms with van der Waals surface area (Å²) in [5.74, 6) is 0. The molecule has 0 aromatic heterocycles. The van der Waals surface area contributed by atoms with Crippen LogP contribution in [0.25, 0.3) is 0 Å². The molecule has 0 aromatic carbocycles. The topological polar surface area (TPSA) is 0 Å². The van der Waals surface area contributed by atoms with Gasteiger partial charge in [-0.1, -0.05) is 0 Å². The molecule has 1 heteroatoms. The molecule has 0 nitrogen and oxygen atoms in total. The average Bonchev–Trinajstić information content (AvgIpc) is 2.61. The SMILES string of the molecule is CC1=C[C](C)([Hf][C]2(C)C=C(C)C(C)=C2C)C(C)=C1C. The van der Waals surface area contributed by atoms with E-state index in [2.05, 4.69) is 67.5 Å². The molecule has 0 radical (unpaired) electrons. The third kappa shape index (κ3) is 2.33. The minimum atomic E-state index is -0.920. The van der Waals surface area contributed by atoms with Gasteiger partial charge in [0.1, 0.15) is 0 Å². The molecule has 0 aliphatic heterocycles. The molecule has 0 N–H and O–H groups in total. The fourth-order valence-corrected chi connectivity index (χ4v) is 12.1. The van der Waals surface area contributed by atoms with E-state index < -0.39 is 22.9 Å². The first-order valence-corrected chi connectivity index (χ1v) is 10.7. The van der Waals surface area contributed by atoms with Crippen LogP contribution in [0.4, 0.5) is 0 Å². The van der Waals surface area contributed by atoms with E-state index in [1.54, 1.807) is 11.1 Å². The summed E-state index contributed by atoms with van der Waals surface area (Å²) >= 11 is -0.920. The van der Waals surface area contributed by atoms with Crippen LogP contribution in [0.2, 0.25) is 6.34 Å². The van der Waals surface area contributed by atoms with Gasteiger partial charge in [-0.3, -0.25) is 0 Å². The van der Waals surface area contributed by atoms with Gasteiger partial charge in [0.15, 0.2) is 0 Å². The van der Waals surface area contributed by atoms with Crippen LogP contribution < -0.4 is 0 Å². The number of hydrogen-bond acceptors (Lipinski definition) is 0. The monoisotopic (exact) mass is 422 g/mol. The normalized spacial score (nSPS) is 34.9. The predicted octanol–water partition coefficient (Wildman–Crippen LogP) is 6.02. The molecule has 0 fully saturated rings. The molecule has 102 valence electrons. The summed E-state index contributed by atoms with van der Waals surface area (Å²) in [6.45, 7) is 18.8. The van der Waals surface area contributed by atoms with Gasteiger partial charge in [-0.15, -0.1) is 0 Å². The van der Waals surface area contributed by atoms with Crippen LogP contribution in [0.3, 0.4) is 0 Å². The second-order valence-corrected chi connectivity index (χ2v) is 15.0. The zero-order chi connectivity index (χ0) is 14.6. The van der Waals surface area contributed by atoms with Gasteiger partial charge in [-0.25, -0.2) is 0 Å². The quantitative estimate of drug-likeness (QED) is 0.479. The Bertz CT molecular complexity index is 506. The van der Waals surface area contributed by atoms with Crippen LogP contribution in [0, 0.1) is 0 Å². The number of allylic oxidation sites excluding steroid dienone is 8. The van der Waals surface area contributed by atoms with Gasteiger partial charge in [-0.05, 0) is 0 Å². The van der Waals surface area contributed by atoms with E-state index in [-0.39, 0.29) is 0 Å². The second-order valence-electron chi connectivity index (χ2n) is 6.68. The van der Waals surface area contributed by atoms with Gasteiger partial charge in [0, 0.05) is 0 Å². The molecule has 2 aliphatic carbocycles. The van der Waals surface area contributed by atoms with Crippen molar-refractivity contribution in [3.8, 4) is 0 Å². The summed E-state index contributed by atoms with van der Waals surface area (Å²) in [4.78, 5) is 0. The molecule has 0 aromatic rings. The van der Waals surface area contributed by atoms with E-state index in [9.17, 15) is 0 Å². The van der Waals surface area contributed by atoms with E-state index >= 15 is 0 Å². The Hall–Kier alpha value is -0.170. The Kier molecular flexibility index (Phi) is 3.75. The minimum absolute atomic E-state index is 0.408. The molecule has 0 heterocycles. The summed E-state index contributed by atoms with van der Waals surface area (Å²) in [6.07, 6.45) is 5.13. The number of rotatable bonds is 2. The third-order valence-electron chi connectivity index (χ3n) is 5.40. The summed E-state index contributed by atoms with van der Waals surface area (Å²) in [5, 5.41) is 0. The van der Waals surface area contributed by atoms with E-state index in [1.165, 1.54) is 22.3 Å². The maximum absolute atomic E-state index is 2.57. The van der Waals surface area contributed by atoms with Crippen molar-refractivity contribution < 1.29 is 22.9 Å². The Morgan fingerprint density at radius 1 is 0.684 bits per heavy atom. The van der Waals surface area contributed by atoms with Crippen LogP contribution in [0.15, 0.2) is 45.6 Å². The van der Waals surface area contributed by atoms with Gasteiger partial charge in [0.2, 0.25) is 0 Å². The van der Waals surface area contributed by atoms with Crippen molar-refractivity contribution in [2.24, 2.45) is 0 Å². The van der Waals surface area contributed by atoms with Crippen LogP contribution in [0.1, 0.15) is 55.4 Å². The number of hydrogen-bond donors (Lipinski definition) is 0. The molecule has 19 heavy (non-hydrogen) atoms. The Morgan fingerprint density at radius 3 is 1.21 bits per heavy atom. The van der Waals surface area contributed by atoms with Crippen molar-refractivity contribution in [3.05, 3.63) is 45.6 Å². The second kappa shape index (κ2) is 4.69. The van der Waals surface area contributed by atoms with Crippen molar-refractivity contribution in [3.63, 3.8) is 0 Å². The Balaban J connectivity index is 2.40. The van der Waals surface area contributed by atoms with Gasteiger partial charge in [-0.2, -0.15) is 0 Å². The molecule has 2 atom stereocenters. The fourth-order valence-electron chi connectivity index (χ4n) is 3.47. The molecule has 0 saturated heterocycles. The molecular formula is C18H26Hf. The first-order chi connectivity index (χ1) is 8.61. The van der Waals surface area contributed by atoms with Crippen LogP contribution in [-0.2, 0) is 22.9 Å². The summed E-state index contributed by atoms with van der Waals surface area (Å²) in [7, 11) is 0. The summed E-state index contributed by atoms with van der Waals surface area (Å²) in [6, 6.07) is 0. The average molecular weight is 421 g/mol. The third-order valence-corrected chi connectivity index (χ3v) is 12.9. The first kappa shape index (κ1) is 15.2. The molecular weight excluding hydrogens is 395 g/mol. The molecule has 0 saturated carbocycles. The predicted molar refractivity (Wildman–Crippen MR) is 81.0 cm³/mol. The van der Waals surface area contributed by atoms with E-state index in [4.69, 9.17) is 0 Å². The molecule has 0 spiro atoms. The zero-order valence-corrected chi connectivity index (χ0v) is 17.2. The van der Waals surface area contributed by atoms with Crippen molar-refractivity contribution in [1.29, 1.82) is 0 Å². The summed E-state index contributed by atoms with van der Waals surface area (Å²) < 4.78 is 0.817. The van der Waals surface area contributed by atoms with Gasteiger partial charge in [0.05, 0.1) is 0 Å². The van der Waals surface area contributed by atoms with Crippen LogP contribution >= 0.6 is 0 Å². The van der Waals surface area contributed by atoms with Crippen LogP contribution in [-0.4, -0.2) is 0 Å². The van der Waals surface area contributed by atoms with Gasteiger partial charge >= 0.3 is 130 Å². The Morgan fingerprint density at radius 2 is 1.00 bits per heavy atom. The van der Waals surface area contributed by atoms with Crippen molar-refractivity contribution >= 4 is 0 Å². The van der Waals surface area contributed by atoms with E-state index in [0.29, 0.717) is 6.34 Å². The van der Waals surface area contributed by atoms with E-state index in [0.717, 1.165) is 0 Å².